The van der Waals surface area contributed by atoms with E-state index in [0.29, 0.717) is 31.5 Å². The topological polar surface area (TPSA) is 55.8 Å². The van der Waals surface area contributed by atoms with E-state index in [-0.39, 0.29) is 12.6 Å². The largest absolute Gasteiger partial charge is 0.464 e. The molecule has 0 aromatic heterocycles. The summed E-state index contributed by atoms with van der Waals surface area (Å²) in [6, 6.07) is 9.70. The van der Waals surface area contributed by atoms with Gasteiger partial charge in [0.25, 0.3) is 0 Å². The summed E-state index contributed by atoms with van der Waals surface area (Å²) in [4.78, 5) is 27.0. The van der Waals surface area contributed by atoms with Gasteiger partial charge in [0.05, 0.1) is 32.8 Å². The minimum Gasteiger partial charge on any atom is -0.464 e. The molecule has 1 unspecified atom stereocenters. The van der Waals surface area contributed by atoms with Gasteiger partial charge in [-0.2, -0.15) is 0 Å². The Bertz CT molecular complexity index is 736. The van der Waals surface area contributed by atoms with Crippen LogP contribution in [0.4, 0.5) is 4.79 Å². The Morgan fingerprint density at radius 2 is 1.80 bits per heavy atom. The molecule has 6 nitrogen and oxygen atoms in total. The average Bonchev–Trinajstić information content (AvgIpc) is 3.26. The summed E-state index contributed by atoms with van der Waals surface area (Å²) < 4.78 is 12.4. The molecule has 1 amide bonds. The Kier molecular flexibility index (Phi) is 6.61. The van der Waals surface area contributed by atoms with E-state index in [1.165, 1.54) is 38.8 Å². The van der Waals surface area contributed by atoms with Crippen molar-refractivity contribution in [3.8, 4) is 0 Å². The van der Waals surface area contributed by atoms with Crippen LogP contribution in [0.1, 0.15) is 50.5 Å². The summed E-state index contributed by atoms with van der Waals surface area (Å²) in [6.07, 6.45) is 7.21. The van der Waals surface area contributed by atoms with Gasteiger partial charge in [-0.1, -0.05) is 30.3 Å². The molecule has 0 saturated carbocycles. The van der Waals surface area contributed by atoms with Crippen molar-refractivity contribution in [1.82, 2.24) is 4.90 Å². The quantitative estimate of drug-likeness (QED) is 0.543. The standard InChI is InChI=1S/C24H35N2O4/c1-26-15-6-5-13-22(26)20(11-8-16-26)18-29-23(27)21-12-7-14-25(21)24(28)30-17-19-9-3-2-4-10-19/h2-4,9-10,20-22H,5-8,11-18H2,1H3/q+1/t20-,21-,22+,26?/m1/s1. The number of rotatable bonds is 5. The third kappa shape index (κ3) is 4.64. The molecule has 164 valence electrons. The first kappa shape index (κ1) is 21.2. The summed E-state index contributed by atoms with van der Waals surface area (Å²) in [5, 5.41) is 0. The zero-order valence-electron chi connectivity index (χ0n) is 18.1. The molecule has 1 aromatic carbocycles. The van der Waals surface area contributed by atoms with Gasteiger partial charge in [0.1, 0.15) is 12.6 Å². The van der Waals surface area contributed by atoms with Gasteiger partial charge in [-0.3, -0.25) is 4.90 Å². The first-order chi connectivity index (χ1) is 14.6. The lowest BCUT2D eigenvalue weighted by Crippen LogP contribution is -2.61. The van der Waals surface area contributed by atoms with Crippen molar-refractivity contribution in [1.29, 1.82) is 0 Å². The van der Waals surface area contributed by atoms with Crippen LogP contribution in [0.15, 0.2) is 30.3 Å². The number of fused-ring (bicyclic) bond motifs is 1. The Labute approximate surface area is 179 Å². The number of piperidine rings is 2. The monoisotopic (exact) mass is 415 g/mol. The molecule has 0 N–H and O–H groups in total. The van der Waals surface area contributed by atoms with E-state index in [1.54, 1.807) is 4.90 Å². The van der Waals surface area contributed by atoms with E-state index in [9.17, 15) is 9.59 Å². The summed E-state index contributed by atoms with van der Waals surface area (Å²) in [5.41, 5.74) is 0.940. The number of esters is 1. The van der Waals surface area contributed by atoms with Crippen LogP contribution < -0.4 is 0 Å². The van der Waals surface area contributed by atoms with Crippen LogP contribution in [-0.2, 0) is 20.9 Å². The second kappa shape index (κ2) is 9.38. The molecule has 4 rings (SSSR count). The molecule has 3 heterocycles. The number of nitrogens with zero attached hydrogens (tertiary/aromatic N) is 2. The van der Waals surface area contributed by atoms with Gasteiger partial charge in [0.15, 0.2) is 0 Å². The minimum atomic E-state index is -0.510. The van der Waals surface area contributed by atoms with Crippen molar-refractivity contribution in [3.63, 3.8) is 0 Å². The molecule has 4 atom stereocenters. The SMILES string of the molecule is C[N+]12CCCC[C@H]1[C@@H](COC(=O)[C@H]1CCCN1C(=O)OCc1ccccc1)CCC2. The fourth-order valence-electron chi connectivity index (χ4n) is 5.75. The van der Waals surface area contributed by atoms with Gasteiger partial charge >= 0.3 is 12.1 Å². The fraction of sp³-hybridized carbons (Fsp3) is 0.667. The van der Waals surface area contributed by atoms with E-state index in [0.717, 1.165) is 22.9 Å². The van der Waals surface area contributed by atoms with Crippen LogP contribution in [0.5, 0.6) is 0 Å². The number of amides is 1. The maximum Gasteiger partial charge on any atom is 0.410 e. The molecule has 0 aliphatic carbocycles. The second-order valence-electron chi connectivity index (χ2n) is 9.41. The van der Waals surface area contributed by atoms with E-state index < -0.39 is 12.1 Å². The number of carbonyl (C=O) groups is 2. The normalized spacial score (nSPS) is 31.1. The van der Waals surface area contributed by atoms with Crippen LogP contribution >= 0.6 is 0 Å². The van der Waals surface area contributed by atoms with E-state index in [4.69, 9.17) is 9.47 Å². The fourth-order valence-corrected chi connectivity index (χ4v) is 5.75. The van der Waals surface area contributed by atoms with Crippen molar-refractivity contribution in [3.05, 3.63) is 35.9 Å². The van der Waals surface area contributed by atoms with Crippen molar-refractivity contribution in [2.75, 3.05) is 33.3 Å². The molecule has 30 heavy (non-hydrogen) atoms. The number of hydrogen-bond acceptors (Lipinski definition) is 4. The highest BCUT2D eigenvalue weighted by Crippen LogP contribution is 2.36. The van der Waals surface area contributed by atoms with Crippen LogP contribution in [0, 0.1) is 5.92 Å². The molecular formula is C24H35N2O4+. The summed E-state index contributed by atoms with van der Waals surface area (Å²) in [5.74, 6) is 0.174. The molecule has 3 aliphatic rings. The van der Waals surface area contributed by atoms with Gasteiger partial charge in [-0.15, -0.1) is 0 Å². The van der Waals surface area contributed by atoms with Crippen LogP contribution in [-0.4, -0.2) is 66.8 Å². The number of hydrogen-bond donors (Lipinski definition) is 0. The van der Waals surface area contributed by atoms with Crippen molar-refractivity contribution in [2.45, 2.75) is 63.6 Å². The zero-order chi connectivity index (χ0) is 21.0. The number of quaternary nitrogens is 1. The van der Waals surface area contributed by atoms with Crippen LogP contribution in [0.2, 0.25) is 0 Å². The average molecular weight is 416 g/mol. The highest BCUT2D eigenvalue weighted by Gasteiger charge is 2.44. The van der Waals surface area contributed by atoms with Gasteiger partial charge in [-0.25, -0.2) is 9.59 Å². The Hall–Kier alpha value is -2.08. The lowest BCUT2D eigenvalue weighted by Gasteiger charge is -2.51. The van der Waals surface area contributed by atoms with Crippen LogP contribution in [0.3, 0.4) is 0 Å². The zero-order valence-corrected chi connectivity index (χ0v) is 18.1. The third-order valence-electron chi connectivity index (χ3n) is 7.41. The predicted molar refractivity (Wildman–Crippen MR) is 114 cm³/mol. The summed E-state index contributed by atoms with van der Waals surface area (Å²) in [7, 11) is 2.37. The van der Waals surface area contributed by atoms with Crippen LogP contribution in [0.25, 0.3) is 0 Å². The highest BCUT2D eigenvalue weighted by molar-refractivity contribution is 5.82. The molecule has 3 fully saturated rings. The number of benzene rings is 1. The van der Waals surface area contributed by atoms with E-state index >= 15 is 0 Å². The third-order valence-corrected chi connectivity index (χ3v) is 7.41. The Morgan fingerprint density at radius 1 is 1.00 bits per heavy atom. The van der Waals surface area contributed by atoms with Gasteiger partial charge < -0.3 is 14.0 Å². The van der Waals surface area contributed by atoms with Gasteiger partial charge in [0, 0.05) is 18.9 Å². The molecule has 3 aliphatic heterocycles. The van der Waals surface area contributed by atoms with E-state index in [1.807, 2.05) is 30.3 Å². The molecule has 0 bridgehead atoms. The molecule has 0 radical (unpaired) electrons. The number of likely N-dealkylation sites (tertiary alicyclic amines) is 1. The molecule has 3 saturated heterocycles. The maximum atomic E-state index is 12.8. The lowest BCUT2D eigenvalue weighted by atomic mass is 9.82. The summed E-state index contributed by atoms with van der Waals surface area (Å²) >= 11 is 0. The Morgan fingerprint density at radius 3 is 2.63 bits per heavy atom. The number of ether oxygens (including phenoxy) is 2. The molecule has 1 aromatic rings. The minimum absolute atomic E-state index is 0.220. The second-order valence-corrected chi connectivity index (χ2v) is 9.41. The van der Waals surface area contributed by atoms with Crippen molar-refractivity contribution < 1.29 is 23.5 Å². The smallest absolute Gasteiger partial charge is 0.410 e. The molecular weight excluding hydrogens is 380 g/mol. The number of carbonyl (C=O) groups excluding carboxylic acids is 2. The predicted octanol–water partition coefficient (Wildman–Crippen LogP) is 3.74. The lowest BCUT2D eigenvalue weighted by molar-refractivity contribution is -0.947. The molecule has 6 heteroatoms. The highest BCUT2D eigenvalue weighted by atomic mass is 16.6. The van der Waals surface area contributed by atoms with Crippen molar-refractivity contribution >= 4 is 12.1 Å². The molecule has 0 spiro atoms. The first-order valence-electron chi connectivity index (χ1n) is 11.5. The maximum absolute atomic E-state index is 12.8. The Balaban J connectivity index is 1.29. The van der Waals surface area contributed by atoms with Gasteiger partial charge in [-0.05, 0) is 44.1 Å². The van der Waals surface area contributed by atoms with Gasteiger partial charge in [0.2, 0.25) is 0 Å². The van der Waals surface area contributed by atoms with Crippen molar-refractivity contribution in [2.24, 2.45) is 5.92 Å². The van der Waals surface area contributed by atoms with E-state index in [2.05, 4.69) is 7.05 Å². The first-order valence-corrected chi connectivity index (χ1v) is 11.5. The summed E-state index contributed by atoms with van der Waals surface area (Å²) in [6.45, 7) is 3.75.